The second-order valence-electron chi connectivity index (χ2n) is 4.11. The number of primary amides is 1. The highest BCUT2D eigenvalue weighted by Crippen LogP contribution is 2.27. The third-order valence-corrected chi connectivity index (χ3v) is 2.70. The van der Waals surface area contributed by atoms with Crippen LogP contribution in [0, 0.1) is 11.6 Å². The van der Waals surface area contributed by atoms with Gasteiger partial charge in [0.15, 0.2) is 5.75 Å². The fraction of sp³-hybridized carbons (Fsp3) is 0.0714. The van der Waals surface area contributed by atoms with Crippen molar-refractivity contribution in [1.82, 2.24) is 0 Å². The van der Waals surface area contributed by atoms with E-state index in [2.05, 4.69) is 0 Å². The molecule has 6 heteroatoms. The molecule has 0 aromatic heterocycles. The number of carbonyl (C=O) groups excluding carboxylic acids is 1. The van der Waals surface area contributed by atoms with Gasteiger partial charge in [-0.25, -0.2) is 8.78 Å². The molecule has 0 aliphatic rings. The highest BCUT2D eigenvalue weighted by atomic mass is 19.1. The highest BCUT2D eigenvalue weighted by molar-refractivity contribution is 5.97. The lowest BCUT2D eigenvalue weighted by atomic mass is 10.1. The third kappa shape index (κ3) is 2.85. The zero-order valence-corrected chi connectivity index (χ0v) is 10.4. The summed E-state index contributed by atoms with van der Waals surface area (Å²) in [5.74, 6) is -2.03. The van der Waals surface area contributed by atoms with E-state index in [0.29, 0.717) is 0 Å². The number of amides is 1. The summed E-state index contributed by atoms with van der Waals surface area (Å²) in [4.78, 5) is 11.3. The Kier molecular flexibility index (Phi) is 3.84. The monoisotopic (exact) mass is 278 g/mol. The average molecular weight is 278 g/mol. The quantitative estimate of drug-likeness (QED) is 0.842. The van der Waals surface area contributed by atoms with E-state index in [4.69, 9.17) is 16.2 Å². The van der Waals surface area contributed by atoms with Crippen LogP contribution in [0.1, 0.15) is 15.9 Å². The van der Waals surface area contributed by atoms with Crippen molar-refractivity contribution in [2.75, 3.05) is 5.73 Å². The molecule has 20 heavy (non-hydrogen) atoms. The van der Waals surface area contributed by atoms with Crippen molar-refractivity contribution in [3.8, 4) is 5.75 Å². The molecule has 0 saturated carbocycles. The minimum absolute atomic E-state index is 0.0868. The summed E-state index contributed by atoms with van der Waals surface area (Å²) >= 11 is 0. The fourth-order valence-electron chi connectivity index (χ4n) is 1.70. The lowest BCUT2D eigenvalue weighted by molar-refractivity contribution is 0.0996. The van der Waals surface area contributed by atoms with E-state index in [9.17, 15) is 13.6 Å². The van der Waals surface area contributed by atoms with Gasteiger partial charge in [-0.15, -0.1) is 0 Å². The summed E-state index contributed by atoms with van der Waals surface area (Å²) < 4.78 is 31.6. The Hall–Kier alpha value is -2.63. The Morgan fingerprint density at radius 1 is 1.20 bits per heavy atom. The van der Waals surface area contributed by atoms with Crippen LogP contribution < -0.4 is 16.2 Å². The van der Waals surface area contributed by atoms with Gasteiger partial charge in [0.2, 0.25) is 0 Å². The number of halogens is 2. The average Bonchev–Trinajstić information content (AvgIpc) is 2.38. The van der Waals surface area contributed by atoms with E-state index in [-0.39, 0.29) is 29.2 Å². The van der Waals surface area contributed by atoms with Crippen LogP contribution in [0.5, 0.6) is 5.75 Å². The second-order valence-corrected chi connectivity index (χ2v) is 4.11. The Labute approximate surface area is 114 Å². The van der Waals surface area contributed by atoms with Gasteiger partial charge in [0.1, 0.15) is 18.2 Å². The topological polar surface area (TPSA) is 78.3 Å². The van der Waals surface area contributed by atoms with Gasteiger partial charge in [0.05, 0.1) is 11.3 Å². The van der Waals surface area contributed by atoms with Crippen molar-refractivity contribution < 1.29 is 18.3 Å². The summed E-state index contributed by atoms with van der Waals surface area (Å²) in [7, 11) is 0. The molecule has 0 saturated heterocycles. The van der Waals surface area contributed by atoms with Crippen LogP contribution in [-0.2, 0) is 6.61 Å². The molecule has 2 aromatic carbocycles. The van der Waals surface area contributed by atoms with Crippen LogP contribution in [0.25, 0.3) is 0 Å². The Bertz CT molecular complexity index is 660. The number of carbonyl (C=O) groups is 1. The third-order valence-electron chi connectivity index (χ3n) is 2.70. The number of nitrogen functional groups attached to an aromatic ring is 1. The second kappa shape index (κ2) is 5.56. The first-order valence-corrected chi connectivity index (χ1v) is 5.74. The number of benzene rings is 2. The molecule has 0 bridgehead atoms. The molecule has 0 unspecified atom stereocenters. The van der Waals surface area contributed by atoms with Crippen LogP contribution in [0.3, 0.4) is 0 Å². The minimum Gasteiger partial charge on any atom is -0.486 e. The van der Waals surface area contributed by atoms with Gasteiger partial charge >= 0.3 is 0 Å². The minimum atomic E-state index is -0.736. The molecule has 0 aliphatic heterocycles. The van der Waals surface area contributed by atoms with Gasteiger partial charge in [0, 0.05) is 11.6 Å². The fourth-order valence-corrected chi connectivity index (χ4v) is 1.70. The predicted molar refractivity (Wildman–Crippen MR) is 70.1 cm³/mol. The molecule has 2 aromatic rings. The highest BCUT2D eigenvalue weighted by Gasteiger charge is 2.13. The number of ether oxygens (including phenoxy) is 1. The van der Waals surface area contributed by atoms with E-state index in [1.165, 1.54) is 18.2 Å². The largest absolute Gasteiger partial charge is 0.486 e. The molecule has 104 valence electrons. The normalized spacial score (nSPS) is 10.3. The molecular formula is C14H12F2N2O2. The predicted octanol–water partition coefficient (Wildman–Crippen LogP) is 2.22. The van der Waals surface area contributed by atoms with Gasteiger partial charge in [-0.2, -0.15) is 0 Å². The molecule has 0 aliphatic carbocycles. The Balaban J connectivity index is 2.25. The molecule has 4 N–H and O–H groups in total. The number of nitrogens with two attached hydrogens (primary N) is 2. The number of rotatable bonds is 4. The zero-order chi connectivity index (χ0) is 14.7. The Morgan fingerprint density at radius 3 is 2.60 bits per heavy atom. The van der Waals surface area contributed by atoms with E-state index in [1.54, 1.807) is 6.07 Å². The summed E-state index contributed by atoms with van der Waals surface area (Å²) in [6, 6.07) is 7.67. The maximum atomic E-state index is 13.5. The number of anilines is 1. The summed E-state index contributed by atoms with van der Waals surface area (Å²) in [5.41, 5.74) is 11.4. The van der Waals surface area contributed by atoms with E-state index >= 15 is 0 Å². The molecule has 0 atom stereocenters. The molecular weight excluding hydrogens is 266 g/mol. The Morgan fingerprint density at radius 2 is 1.95 bits per heavy atom. The van der Waals surface area contributed by atoms with Crippen LogP contribution in [0.4, 0.5) is 14.5 Å². The van der Waals surface area contributed by atoms with Gasteiger partial charge in [-0.05, 0) is 24.3 Å². The zero-order valence-electron chi connectivity index (χ0n) is 10.4. The number of hydrogen-bond donors (Lipinski definition) is 2. The molecule has 0 spiro atoms. The van der Waals surface area contributed by atoms with Crippen molar-refractivity contribution in [3.05, 3.63) is 59.2 Å². The summed E-state index contributed by atoms with van der Waals surface area (Å²) in [6.07, 6.45) is 0. The number of hydrogen-bond acceptors (Lipinski definition) is 3. The smallest absolute Gasteiger partial charge is 0.252 e. The van der Waals surface area contributed by atoms with Crippen LogP contribution >= 0.6 is 0 Å². The number of para-hydroxylation sites is 1. The van der Waals surface area contributed by atoms with E-state index < -0.39 is 17.5 Å². The maximum absolute atomic E-state index is 13.5. The SMILES string of the molecule is NC(=O)c1cccc(N)c1OCc1ccc(F)cc1F. The summed E-state index contributed by atoms with van der Waals surface area (Å²) in [5, 5.41) is 0. The summed E-state index contributed by atoms with van der Waals surface area (Å²) in [6.45, 7) is -0.194. The van der Waals surface area contributed by atoms with Crippen LogP contribution in [-0.4, -0.2) is 5.91 Å². The van der Waals surface area contributed by atoms with Crippen molar-refractivity contribution in [3.63, 3.8) is 0 Å². The lowest BCUT2D eigenvalue weighted by Crippen LogP contribution is -2.14. The molecule has 1 amide bonds. The van der Waals surface area contributed by atoms with E-state index in [1.807, 2.05) is 0 Å². The van der Waals surface area contributed by atoms with Crippen molar-refractivity contribution >= 4 is 11.6 Å². The van der Waals surface area contributed by atoms with Crippen LogP contribution in [0.2, 0.25) is 0 Å². The van der Waals surface area contributed by atoms with E-state index in [0.717, 1.165) is 12.1 Å². The molecule has 2 rings (SSSR count). The first-order valence-electron chi connectivity index (χ1n) is 5.74. The van der Waals surface area contributed by atoms with Gasteiger partial charge in [0.25, 0.3) is 5.91 Å². The van der Waals surface area contributed by atoms with Crippen molar-refractivity contribution in [2.24, 2.45) is 5.73 Å². The van der Waals surface area contributed by atoms with Gasteiger partial charge in [-0.1, -0.05) is 6.07 Å². The maximum Gasteiger partial charge on any atom is 0.252 e. The van der Waals surface area contributed by atoms with Gasteiger partial charge < -0.3 is 16.2 Å². The van der Waals surface area contributed by atoms with Crippen molar-refractivity contribution in [1.29, 1.82) is 0 Å². The first-order chi connectivity index (χ1) is 9.49. The van der Waals surface area contributed by atoms with Crippen molar-refractivity contribution in [2.45, 2.75) is 6.61 Å². The lowest BCUT2D eigenvalue weighted by Gasteiger charge is -2.12. The molecule has 4 nitrogen and oxygen atoms in total. The molecule has 0 heterocycles. The standard InChI is InChI=1S/C14H12F2N2O2/c15-9-5-4-8(11(16)6-9)7-20-13-10(14(18)19)2-1-3-12(13)17/h1-6H,7,17H2,(H2,18,19). The van der Waals surface area contributed by atoms with Crippen LogP contribution in [0.15, 0.2) is 36.4 Å². The molecule has 0 radical (unpaired) electrons. The first kappa shape index (κ1) is 13.8. The van der Waals surface area contributed by atoms with Gasteiger partial charge in [-0.3, -0.25) is 4.79 Å². The molecule has 0 fully saturated rings.